The van der Waals surface area contributed by atoms with Gasteiger partial charge in [-0.05, 0) is 57.2 Å². The molecule has 3 nitrogen and oxygen atoms in total. The summed E-state index contributed by atoms with van der Waals surface area (Å²) in [5.41, 5.74) is 2.50. The summed E-state index contributed by atoms with van der Waals surface area (Å²) >= 11 is 6.24. The number of rotatable bonds is 3. The number of hydrogen-bond acceptors (Lipinski definition) is 3. The summed E-state index contributed by atoms with van der Waals surface area (Å²) < 4.78 is 5.57. The van der Waals surface area contributed by atoms with Gasteiger partial charge in [-0.1, -0.05) is 11.6 Å². The summed E-state index contributed by atoms with van der Waals surface area (Å²) in [5.74, 6) is 1.70. The molecule has 21 heavy (non-hydrogen) atoms. The molecule has 1 saturated heterocycles. The van der Waals surface area contributed by atoms with Crippen LogP contribution in [-0.4, -0.2) is 32.3 Å². The van der Waals surface area contributed by atoms with Crippen molar-refractivity contribution in [1.82, 2.24) is 5.32 Å². The lowest BCUT2D eigenvalue weighted by Crippen LogP contribution is -2.51. The van der Waals surface area contributed by atoms with Crippen LogP contribution in [0.2, 0.25) is 5.02 Å². The number of aryl methyl sites for hydroxylation is 1. The minimum Gasteiger partial charge on any atom is -0.495 e. The molecule has 0 radical (unpaired) electrons. The Morgan fingerprint density at radius 2 is 2.14 bits per heavy atom. The Morgan fingerprint density at radius 1 is 1.38 bits per heavy atom. The third-order valence-corrected chi connectivity index (χ3v) is 5.34. The Labute approximate surface area is 132 Å². The minimum absolute atomic E-state index is 0.217. The van der Waals surface area contributed by atoms with Crippen LogP contribution in [0.4, 0.5) is 5.69 Å². The predicted octanol–water partition coefficient (Wildman–Crippen LogP) is 3.63. The maximum Gasteiger partial charge on any atom is 0.143 e. The van der Waals surface area contributed by atoms with Crippen molar-refractivity contribution in [1.29, 1.82) is 0 Å². The summed E-state index contributed by atoms with van der Waals surface area (Å²) in [6, 6.07) is 4.11. The van der Waals surface area contributed by atoms with Crippen LogP contribution in [0.5, 0.6) is 5.75 Å². The molecule has 1 aromatic rings. The topological polar surface area (TPSA) is 24.5 Å². The maximum absolute atomic E-state index is 6.24. The molecule has 0 bridgehead atoms. The van der Waals surface area contributed by atoms with Gasteiger partial charge in [0.2, 0.25) is 0 Å². The van der Waals surface area contributed by atoms with Crippen molar-refractivity contribution in [3.8, 4) is 5.75 Å². The molecule has 0 amide bonds. The highest BCUT2D eigenvalue weighted by molar-refractivity contribution is 6.31. The molecule has 1 N–H and O–H groups in total. The Hall–Kier alpha value is -0.930. The molecule has 1 aliphatic carbocycles. The minimum atomic E-state index is 0.217. The first-order valence-electron chi connectivity index (χ1n) is 7.87. The van der Waals surface area contributed by atoms with Gasteiger partial charge in [0, 0.05) is 29.7 Å². The Morgan fingerprint density at radius 3 is 2.81 bits per heavy atom. The van der Waals surface area contributed by atoms with Gasteiger partial charge in [-0.15, -0.1) is 0 Å². The van der Waals surface area contributed by atoms with Crippen LogP contribution in [0, 0.1) is 12.8 Å². The van der Waals surface area contributed by atoms with Crippen LogP contribution >= 0.6 is 11.6 Å². The first-order chi connectivity index (χ1) is 10.0. The Balaban J connectivity index is 1.92. The zero-order chi connectivity index (χ0) is 15.0. The SMILES string of the molecule is COc1cc(Cl)c(C)cc1N1CCCNC(C)(C2CC2)C1. The van der Waals surface area contributed by atoms with Crippen LogP contribution in [0.25, 0.3) is 0 Å². The number of methoxy groups -OCH3 is 1. The smallest absolute Gasteiger partial charge is 0.143 e. The van der Waals surface area contributed by atoms with E-state index in [9.17, 15) is 0 Å². The molecule has 1 aliphatic heterocycles. The normalized spacial score (nSPS) is 26.6. The molecule has 1 saturated carbocycles. The van der Waals surface area contributed by atoms with E-state index in [1.54, 1.807) is 7.11 Å². The van der Waals surface area contributed by atoms with Crippen molar-refractivity contribution in [2.45, 2.75) is 38.6 Å². The van der Waals surface area contributed by atoms with Gasteiger partial charge in [0.05, 0.1) is 12.8 Å². The fourth-order valence-electron chi connectivity index (χ4n) is 3.43. The van der Waals surface area contributed by atoms with E-state index in [1.165, 1.54) is 18.5 Å². The third-order valence-electron chi connectivity index (χ3n) is 4.93. The van der Waals surface area contributed by atoms with E-state index in [4.69, 9.17) is 16.3 Å². The lowest BCUT2D eigenvalue weighted by Gasteiger charge is -2.35. The van der Waals surface area contributed by atoms with Crippen molar-refractivity contribution < 1.29 is 4.74 Å². The van der Waals surface area contributed by atoms with E-state index >= 15 is 0 Å². The number of hydrogen-bond donors (Lipinski definition) is 1. The lowest BCUT2D eigenvalue weighted by molar-refractivity contribution is 0.330. The third kappa shape index (κ3) is 3.00. The van der Waals surface area contributed by atoms with Gasteiger partial charge in [0.1, 0.15) is 5.75 Å². The van der Waals surface area contributed by atoms with Crippen LogP contribution in [0.3, 0.4) is 0 Å². The van der Waals surface area contributed by atoms with Gasteiger partial charge < -0.3 is 15.0 Å². The molecule has 0 aromatic heterocycles. The summed E-state index contributed by atoms with van der Waals surface area (Å²) in [7, 11) is 1.72. The highest BCUT2D eigenvalue weighted by Crippen LogP contribution is 2.42. The fourth-order valence-corrected chi connectivity index (χ4v) is 3.59. The average Bonchev–Trinajstić information content (AvgIpc) is 3.28. The molecule has 1 aromatic carbocycles. The number of benzene rings is 1. The van der Waals surface area contributed by atoms with Crippen LogP contribution in [0.15, 0.2) is 12.1 Å². The van der Waals surface area contributed by atoms with Gasteiger partial charge in [-0.3, -0.25) is 0 Å². The molecule has 0 spiro atoms. The van der Waals surface area contributed by atoms with Crippen molar-refractivity contribution in [3.63, 3.8) is 0 Å². The standard InChI is InChI=1S/C17H25ClN2O/c1-12-9-15(16(21-3)10-14(12)18)20-8-4-7-19-17(2,11-20)13-5-6-13/h9-10,13,19H,4-8,11H2,1-3H3. The molecule has 1 atom stereocenters. The molecule has 116 valence electrons. The number of nitrogens with zero attached hydrogens (tertiary/aromatic N) is 1. The van der Waals surface area contributed by atoms with E-state index in [1.807, 2.05) is 6.07 Å². The molecule has 2 aliphatic rings. The summed E-state index contributed by atoms with van der Waals surface area (Å²) in [6.45, 7) is 7.62. The molecular weight excluding hydrogens is 284 g/mol. The molecular formula is C17H25ClN2O. The zero-order valence-corrected chi connectivity index (χ0v) is 14.0. The van der Waals surface area contributed by atoms with Crippen molar-refractivity contribution in [2.75, 3.05) is 31.6 Å². The predicted molar refractivity (Wildman–Crippen MR) is 88.7 cm³/mol. The summed E-state index contributed by atoms with van der Waals surface area (Å²) in [4.78, 5) is 2.47. The number of ether oxygens (including phenoxy) is 1. The average molecular weight is 309 g/mol. The van der Waals surface area contributed by atoms with Gasteiger partial charge in [-0.25, -0.2) is 0 Å². The van der Waals surface area contributed by atoms with E-state index in [0.29, 0.717) is 0 Å². The van der Waals surface area contributed by atoms with Gasteiger partial charge in [0.15, 0.2) is 0 Å². The van der Waals surface area contributed by atoms with Crippen molar-refractivity contribution in [2.24, 2.45) is 5.92 Å². The second kappa shape index (κ2) is 5.69. The van der Waals surface area contributed by atoms with Crippen LogP contribution in [0.1, 0.15) is 31.7 Å². The second-order valence-corrected chi connectivity index (χ2v) is 7.07. The summed E-state index contributed by atoms with van der Waals surface area (Å²) in [6.07, 6.45) is 3.87. The van der Waals surface area contributed by atoms with Gasteiger partial charge in [-0.2, -0.15) is 0 Å². The van der Waals surface area contributed by atoms with Crippen LogP contribution < -0.4 is 15.0 Å². The van der Waals surface area contributed by atoms with Crippen LogP contribution in [-0.2, 0) is 0 Å². The largest absolute Gasteiger partial charge is 0.495 e. The van der Waals surface area contributed by atoms with E-state index in [0.717, 1.165) is 48.3 Å². The van der Waals surface area contributed by atoms with Crippen molar-refractivity contribution >= 4 is 17.3 Å². The molecule has 4 heteroatoms. The second-order valence-electron chi connectivity index (χ2n) is 6.67. The number of halogens is 1. The number of anilines is 1. The van der Waals surface area contributed by atoms with E-state index in [2.05, 4.69) is 30.1 Å². The fraction of sp³-hybridized carbons (Fsp3) is 0.647. The quantitative estimate of drug-likeness (QED) is 0.923. The Bertz CT molecular complexity index is 530. The van der Waals surface area contributed by atoms with Gasteiger partial charge >= 0.3 is 0 Å². The van der Waals surface area contributed by atoms with E-state index in [-0.39, 0.29) is 5.54 Å². The van der Waals surface area contributed by atoms with Crippen molar-refractivity contribution in [3.05, 3.63) is 22.7 Å². The Kier molecular flexibility index (Phi) is 4.06. The van der Waals surface area contributed by atoms with E-state index < -0.39 is 0 Å². The molecule has 3 rings (SSSR count). The highest BCUT2D eigenvalue weighted by Gasteiger charge is 2.43. The molecule has 2 fully saturated rings. The first-order valence-corrected chi connectivity index (χ1v) is 8.25. The zero-order valence-electron chi connectivity index (χ0n) is 13.2. The first kappa shape index (κ1) is 15.0. The highest BCUT2D eigenvalue weighted by atomic mass is 35.5. The van der Waals surface area contributed by atoms with Gasteiger partial charge in [0.25, 0.3) is 0 Å². The molecule has 1 unspecified atom stereocenters. The lowest BCUT2D eigenvalue weighted by atomic mass is 9.95. The summed E-state index contributed by atoms with van der Waals surface area (Å²) in [5, 5.41) is 4.55. The number of nitrogens with one attached hydrogen (secondary N) is 1. The monoisotopic (exact) mass is 308 g/mol. The maximum atomic E-state index is 6.24. The molecule has 1 heterocycles.